The Morgan fingerprint density at radius 1 is 0.906 bits per heavy atom. The molecule has 182 valence electrons. The van der Waals surface area contributed by atoms with Gasteiger partial charge >= 0.3 is 23.3 Å². The lowest BCUT2D eigenvalue weighted by Gasteiger charge is -2.34. The summed E-state index contributed by atoms with van der Waals surface area (Å²) in [6, 6.07) is 8.78. The molecule has 0 amide bonds. The van der Waals surface area contributed by atoms with Crippen LogP contribution in [0.25, 0.3) is 10.9 Å². The summed E-state index contributed by atoms with van der Waals surface area (Å²) in [5, 5.41) is -5.64. The predicted molar refractivity (Wildman–Crippen MR) is 98.1 cm³/mol. The maximum atomic E-state index is 12.2. The Kier molecular flexibility index (Phi) is 7.19. The first kappa shape index (κ1) is 26.6. The zero-order valence-corrected chi connectivity index (χ0v) is 17.7. The van der Waals surface area contributed by atoms with E-state index in [0.717, 1.165) is 0 Å². The average Bonchev–Trinajstić information content (AvgIpc) is 3.28. The van der Waals surface area contributed by atoms with Crippen molar-refractivity contribution in [1.29, 1.82) is 0 Å². The number of aryl methyl sites for hydroxylation is 1. The fourth-order valence-electron chi connectivity index (χ4n) is 2.93. The number of para-hydroxylation sites is 1. The number of fused-ring (bicyclic) bond motifs is 1. The number of nitrogens with zero attached hydrogens (tertiary/aromatic N) is 1. The van der Waals surface area contributed by atoms with Gasteiger partial charge in [0, 0.05) is 17.9 Å². The van der Waals surface area contributed by atoms with Crippen LogP contribution in [0.4, 0.5) is 39.5 Å². The minimum Gasteiger partial charge on any atom is -0.743 e. The van der Waals surface area contributed by atoms with E-state index in [1.165, 1.54) is 35.3 Å². The van der Waals surface area contributed by atoms with E-state index in [2.05, 4.69) is 42.1 Å². The third kappa shape index (κ3) is 4.55. The van der Waals surface area contributed by atoms with Crippen molar-refractivity contribution < 1.29 is 52.5 Å². The van der Waals surface area contributed by atoms with Gasteiger partial charge in [0.25, 0.3) is 0 Å². The molecule has 0 saturated carbocycles. The molecule has 2 aromatic rings. The normalized spacial score (nSPS) is 16.8. The number of hydrogen-bond donors (Lipinski definition) is 0. The van der Waals surface area contributed by atoms with Gasteiger partial charge in [0.1, 0.15) is 11.5 Å². The molecule has 3 rings (SSSR count). The molecule has 0 bridgehead atoms. The number of hydrogen-bond acceptors (Lipinski definition) is 3. The zero-order chi connectivity index (χ0) is 24.8. The quantitative estimate of drug-likeness (QED) is 0.329. The molecule has 32 heavy (non-hydrogen) atoms. The van der Waals surface area contributed by atoms with Crippen LogP contribution in [0.3, 0.4) is 0 Å². The Balaban J connectivity index is 0.000000227. The molecular weight excluding hydrogens is 501 g/mol. The van der Waals surface area contributed by atoms with Gasteiger partial charge in [-0.1, -0.05) is 12.1 Å². The smallest absolute Gasteiger partial charge is 0.460 e. The number of aromatic nitrogens is 1. The number of halogens is 9. The van der Waals surface area contributed by atoms with Crippen molar-refractivity contribution in [3.05, 3.63) is 30.5 Å². The Morgan fingerprint density at radius 3 is 1.88 bits per heavy atom. The fraction of sp³-hybridized carbons (Fsp3) is 0.529. The third-order valence-corrected chi connectivity index (χ3v) is 8.03. The highest BCUT2D eigenvalue weighted by molar-refractivity contribution is 7.97. The van der Waals surface area contributed by atoms with Gasteiger partial charge in [-0.15, -0.1) is 0 Å². The van der Waals surface area contributed by atoms with Gasteiger partial charge in [-0.25, -0.2) is 8.42 Å². The van der Waals surface area contributed by atoms with E-state index in [1.54, 1.807) is 4.90 Å². The summed E-state index contributed by atoms with van der Waals surface area (Å²) in [5.74, 6) is -12.0. The van der Waals surface area contributed by atoms with E-state index in [4.69, 9.17) is 0 Å². The fourth-order valence-corrected chi connectivity index (χ4v) is 5.91. The van der Waals surface area contributed by atoms with Gasteiger partial charge in [0.15, 0.2) is 15.0 Å². The number of rotatable bonds is 4. The zero-order valence-electron chi connectivity index (χ0n) is 16.1. The molecule has 15 heteroatoms. The van der Waals surface area contributed by atoms with E-state index >= 15 is 0 Å². The van der Waals surface area contributed by atoms with Crippen LogP contribution in [0.5, 0.6) is 0 Å². The molecular formula is C17H16F9NO3S2. The van der Waals surface area contributed by atoms with Crippen LogP contribution in [0, 0.1) is 0 Å². The first-order chi connectivity index (χ1) is 14.4. The Labute approximate surface area is 179 Å². The van der Waals surface area contributed by atoms with Crippen molar-refractivity contribution in [3.8, 4) is 0 Å². The topological polar surface area (TPSA) is 62.1 Å². The van der Waals surface area contributed by atoms with E-state index in [9.17, 15) is 52.5 Å². The minimum absolute atomic E-state index is 0.535. The van der Waals surface area contributed by atoms with Crippen LogP contribution in [0.1, 0.15) is 12.8 Å². The lowest BCUT2D eigenvalue weighted by Crippen LogP contribution is -2.63. The Bertz CT molecular complexity index is 1060. The van der Waals surface area contributed by atoms with Crippen LogP contribution in [-0.2, 0) is 28.1 Å². The molecule has 2 heterocycles. The Morgan fingerprint density at radius 2 is 1.41 bits per heavy atom. The van der Waals surface area contributed by atoms with Crippen molar-refractivity contribution >= 4 is 31.9 Å². The molecule has 0 aliphatic carbocycles. The molecule has 1 aliphatic rings. The van der Waals surface area contributed by atoms with Crippen LogP contribution in [0.15, 0.2) is 35.4 Å². The lowest BCUT2D eigenvalue weighted by atomic mass is 10.1. The maximum absolute atomic E-state index is 12.2. The molecule has 0 N–H and O–H groups in total. The van der Waals surface area contributed by atoms with E-state index in [0.29, 0.717) is 10.9 Å². The van der Waals surface area contributed by atoms with Crippen molar-refractivity contribution in [3.63, 3.8) is 0 Å². The van der Waals surface area contributed by atoms with Gasteiger partial charge in [-0.3, -0.25) is 0 Å². The molecule has 0 unspecified atom stereocenters. The van der Waals surface area contributed by atoms with Gasteiger partial charge in [-0.05, 0) is 25.0 Å². The average molecular weight is 517 g/mol. The second kappa shape index (κ2) is 8.63. The molecule has 1 aromatic carbocycles. The van der Waals surface area contributed by atoms with Crippen molar-refractivity contribution in [2.75, 3.05) is 11.5 Å². The van der Waals surface area contributed by atoms with Crippen LogP contribution in [-0.4, -0.2) is 52.3 Å². The highest BCUT2D eigenvalue weighted by Gasteiger charge is 2.83. The largest absolute Gasteiger partial charge is 0.743 e. The van der Waals surface area contributed by atoms with Crippen molar-refractivity contribution in [2.45, 2.75) is 41.0 Å². The molecule has 4 nitrogen and oxygen atoms in total. The summed E-state index contributed by atoms with van der Waals surface area (Å²) < 4.78 is 138. The van der Waals surface area contributed by atoms with E-state index < -0.39 is 33.4 Å². The standard InChI is InChI=1S/C13H16NS.C4HF9O3S/c1-14-10-13(15-8-4-5-9-15)11-6-2-3-7-12(11)14;5-1(6,3(9,10)11)2(7,8)4(12,13)17(14,15)16/h2-3,6-7,10H,4-5,8-9H2,1H3;(H,14,15,16)/q+1;/p-1. The van der Waals surface area contributed by atoms with Crippen LogP contribution < -0.4 is 0 Å². The second-order valence-corrected chi connectivity index (χ2v) is 10.5. The SMILES string of the molecule is Cn1cc([S+]2CCCC2)c2ccccc21.O=S(=O)([O-])C(F)(F)C(F)(F)C(F)(F)C(F)(F)F. The molecule has 1 aliphatic heterocycles. The molecule has 1 fully saturated rings. The first-order valence-corrected chi connectivity index (χ1v) is 11.7. The van der Waals surface area contributed by atoms with Gasteiger partial charge in [0.05, 0.1) is 17.1 Å². The second-order valence-electron chi connectivity index (χ2n) is 6.85. The highest BCUT2D eigenvalue weighted by Crippen LogP contribution is 2.54. The van der Waals surface area contributed by atoms with Crippen molar-refractivity contribution in [1.82, 2.24) is 4.57 Å². The van der Waals surface area contributed by atoms with Gasteiger partial charge < -0.3 is 9.12 Å². The third-order valence-electron chi connectivity index (χ3n) is 4.63. The highest BCUT2D eigenvalue weighted by atomic mass is 32.2. The van der Waals surface area contributed by atoms with Crippen LogP contribution >= 0.6 is 0 Å². The van der Waals surface area contributed by atoms with Gasteiger partial charge in [-0.2, -0.15) is 39.5 Å². The monoisotopic (exact) mass is 517 g/mol. The summed E-state index contributed by atoms with van der Waals surface area (Å²) in [7, 11) is -4.72. The maximum Gasteiger partial charge on any atom is 0.460 e. The van der Waals surface area contributed by atoms with Gasteiger partial charge in [0.2, 0.25) is 0 Å². The van der Waals surface area contributed by atoms with E-state index in [-0.39, 0.29) is 0 Å². The molecule has 1 aromatic heterocycles. The number of benzene rings is 1. The summed E-state index contributed by atoms with van der Waals surface area (Å²) in [4.78, 5) is 1.60. The number of alkyl halides is 9. The summed E-state index contributed by atoms with van der Waals surface area (Å²) in [5.41, 5.74) is 1.38. The lowest BCUT2D eigenvalue weighted by molar-refractivity contribution is -0.382. The van der Waals surface area contributed by atoms with E-state index in [1.807, 2.05) is 0 Å². The summed E-state index contributed by atoms with van der Waals surface area (Å²) in [6.07, 6.45) is -1.97. The molecule has 1 saturated heterocycles. The van der Waals surface area contributed by atoms with Crippen LogP contribution in [0.2, 0.25) is 0 Å². The molecule has 0 spiro atoms. The first-order valence-electron chi connectivity index (χ1n) is 8.73. The molecule has 0 radical (unpaired) electrons. The van der Waals surface area contributed by atoms with Crippen molar-refractivity contribution in [2.24, 2.45) is 7.05 Å². The Hall–Kier alpha value is -1.61. The summed E-state index contributed by atoms with van der Waals surface area (Å²) >= 11 is 0. The molecule has 0 atom stereocenters. The summed E-state index contributed by atoms with van der Waals surface area (Å²) in [6.45, 7) is 0. The minimum atomic E-state index is -7.43. The predicted octanol–water partition coefficient (Wildman–Crippen LogP) is 4.91.